The predicted octanol–water partition coefficient (Wildman–Crippen LogP) is 1.35. The number of fused-ring (bicyclic) bond motifs is 1. The first-order valence-corrected chi connectivity index (χ1v) is 8.06. The zero-order valence-corrected chi connectivity index (χ0v) is 12.8. The third-order valence-electron chi connectivity index (χ3n) is 4.42. The molecule has 0 saturated carbocycles. The first-order chi connectivity index (χ1) is 10.2. The van der Waals surface area contributed by atoms with E-state index in [0.717, 1.165) is 23.6 Å². The van der Waals surface area contributed by atoms with E-state index >= 15 is 0 Å². The van der Waals surface area contributed by atoms with Crippen molar-refractivity contribution in [2.75, 3.05) is 13.1 Å². The lowest BCUT2D eigenvalue weighted by Crippen LogP contribution is -3.10. The Morgan fingerprint density at radius 1 is 1.14 bits per heavy atom. The molecule has 0 amide bonds. The lowest BCUT2D eigenvalue weighted by atomic mass is 10.1. The Bertz CT molecular complexity index is 669. The summed E-state index contributed by atoms with van der Waals surface area (Å²) >= 11 is 0. The average Bonchev–Trinajstić information content (AvgIpc) is 2.41. The van der Waals surface area contributed by atoms with Crippen LogP contribution in [0, 0.1) is 6.92 Å². The van der Waals surface area contributed by atoms with Crippen molar-refractivity contribution in [3.05, 3.63) is 46.0 Å². The monoisotopic (exact) mass is 286 g/mol. The molecule has 0 aromatic carbocycles. The molecule has 1 fully saturated rings. The number of hydrogen-bond acceptors (Lipinski definition) is 2. The Morgan fingerprint density at radius 2 is 1.86 bits per heavy atom. The van der Waals surface area contributed by atoms with Gasteiger partial charge in [-0.2, -0.15) is 0 Å². The number of aryl methyl sites for hydroxylation is 1. The largest absolute Gasteiger partial charge is 0.330 e. The van der Waals surface area contributed by atoms with Crippen molar-refractivity contribution in [3.63, 3.8) is 0 Å². The smallest absolute Gasteiger partial charge is 0.258 e. The van der Waals surface area contributed by atoms with Crippen LogP contribution in [0.1, 0.15) is 43.5 Å². The Kier molecular flexibility index (Phi) is 4.34. The van der Waals surface area contributed by atoms with Crippen molar-refractivity contribution in [2.24, 2.45) is 0 Å². The minimum Gasteiger partial charge on any atom is -0.330 e. The van der Waals surface area contributed by atoms with E-state index < -0.39 is 0 Å². The highest BCUT2D eigenvalue weighted by Gasteiger charge is 2.14. The normalized spacial score (nSPS) is 17.6. The quantitative estimate of drug-likeness (QED) is 0.905. The molecule has 1 aliphatic heterocycles. The number of likely N-dealkylation sites (tertiary alicyclic amines) is 1. The van der Waals surface area contributed by atoms with Crippen LogP contribution in [0.2, 0.25) is 0 Å². The van der Waals surface area contributed by atoms with Gasteiger partial charge in [0.2, 0.25) is 0 Å². The van der Waals surface area contributed by atoms with Crippen LogP contribution in [0.4, 0.5) is 0 Å². The highest BCUT2D eigenvalue weighted by Crippen LogP contribution is 2.04. The van der Waals surface area contributed by atoms with Crippen molar-refractivity contribution >= 4 is 5.65 Å². The third-order valence-corrected chi connectivity index (χ3v) is 4.42. The molecule has 1 saturated heterocycles. The lowest BCUT2D eigenvalue weighted by molar-refractivity contribution is -0.915. The second-order valence-corrected chi connectivity index (χ2v) is 6.14. The van der Waals surface area contributed by atoms with E-state index in [-0.39, 0.29) is 5.56 Å². The summed E-state index contributed by atoms with van der Waals surface area (Å²) in [6.07, 6.45) is 6.65. The van der Waals surface area contributed by atoms with Gasteiger partial charge < -0.3 is 4.90 Å². The number of nitrogens with zero attached hydrogens (tertiary/aromatic N) is 2. The molecular weight excluding hydrogens is 262 g/mol. The fourth-order valence-corrected chi connectivity index (χ4v) is 3.29. The maximum atomic E-state index is 12.3. The zero-order valence-electron chi connectivity index (χ0n) is 12.8. The Balaban J connectivity index is 1.85. The van der Waals surface area contributed by atoms with Gasteiger partial charge in [0.05, 0.1) is 13.1 Å². The minimum absolute atomic E-state index is 0.0412. The summed E-state index contributed by atoms with van der Waals surface area (Å²) in [6.45, 7) is 5.22. The maximum Gasteiger partial charge on any atom is 0.258 e. The van der Waals surface area contributed by atoms with Crippen LogP contribution >= 0.6 is 0 Å². The van der Waals surface area contributed by atoms with Crippen LogP contribution in [-0.4, -0.2) is 22.5 Å². The van der Waals surface area contributed by atoms with E-state index in [4.69, 9.17) is 0 Å². The molecule has 4 nitrogen and oxygen atoms in total. The Hall–Kier alpha value is -1.68. The zero-order chi connectivity index (χ0) is 14.7. The maximum absolute atomic E-state index is 12.3. The molecule has 0 radical (unpaired) electrons. The van der Waals surface area contributed by atoms with Gasteiger partial charge in [-0.25, -0.2) is 4.98 Å². The van der Waals surface area contributed by atoms with E-state index in [2.05, 4.69) is 4.98 Å². The first-order valence-electron chi connectivity index (χ1n) is 8.06. The number of aromatic nitrogens is 2. The molecule has 2 aromatic heterocycles. The van der Waals surface area contributed by atoms with E-state index in [1.165, 1.54) is 45.2 Å². The molecule has 0 spiro atoms. The number of rotatable bonds is 2. The third kappa shape index (κ3) is 3.32. The first kappa shape index (κ1) is 14.3. The molecule has 0 atom stereocenters. The van der Waals surface area contributed by atoms with Crippen molar-refractivity contribution in [1.29, 1.82) is 0 Å². The predicted molar refractivity (Wildman–Crippen MR) is 83.7 cm³/mol. The summed E-state index contributed by atoms with van der Waals surface area (Å²) in [7, 11) is 0. The highest BCUT2D eigenvalue weighted by atomic mass is 16.1. The van der Waals surface area contributed by atoms with E-state index in [1.807, 2.05) is 25.1 Å². The average molecular weight is 286 g/mol. The second-order valence-electron chi connectivity index (χ2n) is 6.14. The molecule has 1 N–H and O–H groups in total. The number of quaternary nitrogens is 1. The topological polar surface area (TPSA) is 38.8 Å². The van der Waals surface area contributed by atoms with E-state index in [9.17, 15) is 4.79 Å². The molecule has 112 valence electrons. The van der Waals surface area contributed by atoms with Gasteiger partial charge in [-0.15, -0.1) is 0 Å². The van der Waals surface area contributed by atoms with Crippen molar-refractivity contribution in [3.8, 4) is 0 Å². The molecule has 0 aliphatic carbocycles. The lowest BCUT2D eigenvalue weighted by Gasteiger charge is -2.21. The van der Waals surface area contributed by atoms with Gasteiger partial charge in [-0.05, 0) is 44.7 Å². The van der Waals surface area contributed by atoms with E-state index in [0.29, 0.717) is 0 Å². The van der Waals surface area contributed by atoms with E-state index in [1.54, 1.807) is 15.4 Å². The fraction of sp³-hybridized carbons (Fsp3) is 0.529. The van der Waals surface area contributed by atoms with Crippen LogP contribution in [0.5, 0.6) is 0 Å². The van der Waals surface area contributed by atoms with Gasteiger partial charge in [-0.3, -0.25) is 9.20 Å². The fourth-order valence-electron chi connectivity index (χ4n) is 3.29. The molecule has 21 heavy (non-hydrogen) atoms. The molecule has 0 bridgehead atoms. The van der Waals surface area contributed by atoms with Crippen LogP contribution in [0.25, 0.3) is 5.65 Å². The second kappa shape index (κ2) is 6.39. The number of nitrogens with one attached hydrogen (secondary N) is 1. The number of hydrogen-bond donors (Lipinski definition) is 1. The standard InChI is InChI=1S/C17H23N3O/c1-14-8-7-9-16-18-15(12-17(21)20(14)16)13-19-10-5-3-2-4-6-11-19/h7-9,12H,2-6,10-11,13H2,1H3/p+1. The van der Waals surface area contributed by atoms with Gasteiger partial charge >= 0.3 is 0 Å². The van der Waals surface area contributed by atoms with Crippen LogP contribution < -0.4 is 10.5 Å². The Morgan fingerprint density at radius 3 is 2.62 bits per heavy atom. The highest BCUT2D eigenvalue weighted by molar-refractivity contribution is 5.40. The summed E-state index contributed by atoms with van der Waals surface area (Å²) in [4.78, 5) is 18.6. The van der Waals surface area contributed by atoms with Crippen LogP contribution in [0.3, 0.4) is 0 Å². The van der Waals surface area contributed by atoms with Gasteiger partial charge in [0.1, 0.15) is 17.9 Å². The summed E-state index contributed by atoms with van der Waals surface area (Å²) in [5.41, 5.74) is 2.68. The van der Waals surface area contributed by atoms with Gasteiger partial charge in [0.15, 0.2) is 0 Å². The molecule has 3 rings (SSSR count). The molecule has 1 aliphatic rings. The number of pyridine rings is 1. The van der Waals surface area contributed by atoms with Gasteiger partial charge in [0, 0.05) is 11.8 Å². The summed E-state index contributed by atoms with van der Waals surface area (Å²) < 4.78 is 1.69. The SMILES string of the molecule is Cc1cccc2nc(C[NH+]3CCCCCCC3)cc(=O)n12. The van der Waals surface area contributed by atoms with Gasteiger partial charge in [0.25, 0.3) is 5.56 Å². The van der Waals surface area contributed by atoms with Crippen molar-refractivity contribution < 1.29 is 4.90 Å². The van der Waals surface area contributed by atoms with Crippen LogP contribution in [0.15, 0.2) is 29.1 Å². The minimum atomic E-state index is 0.0412. The summed E-state index contributed by atoms with van der Waals surface area (Å²) in [6, 6.07) is 7.54. The molecular formula is C17H24N3O+. The summed E-state index contributed by atoms with van der Waals surface area (Å²) in [5, 5.41) is 0. The molecule has 0 unspecified atom stereocenters. The molecule has 2 aromatic rings. The van der Waals surface area contributed by atoms with Crippen LogP contribution in [-0.2, 0) is 6.54 Å². The summed E-state index contributed by atoms with van der Waals surface area (Å²) in [5.74, 6) is 0. The van der Waals surface area contributed by atoms with Crippen molar-refractivity contribution in [1.82, 2.24) is 9.38 Å². The molecule has 3 heterocycles. The Labute approximate surface area is 125 Å². The van der Waals surface area contributed by atoms with Gasteiger partial charge in [-0.1, -0.05) is 12.5 Å². The molecule has 4 heteroatoms. The van der Waals surface area contributed by atoms with Crippen molar-refractivity contribution in [2.45, 2.75) is 45.6 Å².